The number of hydrogen-bond donors (Lipinski definition) is 0. The van der Waals surface area contributed by atoms with Gasteiger partial charge in [-0.2, -0.15) is 6.29 Å². The van der Waals surface area contributed by atoms with Gasteiger partial charge in [0.2, 0.25) is 0 Å². The fraction of sp³-hybridized carbons (Fsp3) is 0. The van der Waals surface area contributed by atoms with Gasteiger partial charge in [0.15, 0.2) is 0 Å². The van der Waals surface area contributed by atoms with Crippen molar-refractivity contribution in [3.05, 3.63) is 0 Å². The molecule has 0 N–H and O–H groups in total. The Hall–Kier alpha value is -0.840. The van der Waals surface area contributed by atoms with Crippen molar-refractivity contribution in [2.24, 2.45) is 0 Å². The van der Waals surface area contributed by atoms with Crippen LogP contribution in [0.4, 0.5) is 0 Å². The number of carbonyl (C=O) groups excluding carboxylic acids is 1. The SMILES string of the molecule is N#C[C-]=O. The smallest absolute Gasteiger partial charge is 0.0854 e. The first-order valence-electron chi connectivity index (χ1n) is 0.678. The normalized spacial score (nSPS) is 3.75. The molecule has 0 saturated carbocycles. The molecule has 0 aliphatic rings. The molecule has 0 aromatic rings. The van der Waals surface area contributed by atoms with Crippen molar-refractivity contribution in [2.75, 3.05) is 0 Å². The zero-order valence-corrected chi connectivity index (χ0v) is 1.86. The molecule has 0 amide bonds. The Labute approximate surface area is 23.7 Å². The second-order valence-electron chi connectivity index (χ2n) is 0.214. The molecule has 2 nitrogen and oxygen atoms in total. The van der Waals surface area contributed by atoms with Crippen molar-refractivity contribution in [2.45, 2.75) is 0 Å². The summed E-state index contributed by atoms with van der Waals surface area (Å²) in [5, 5.41) is 7.20. The number of nitriles is 1. The van der Waals surface area contributed by atoms with Crippen molar-refractivity contribution in [3.8, 4) is 6.07 Å². The van der Waals surface area contributed by atoms with Gasteiger partial charge in [-0.15, -0.1) is 0 Å². The highest BCUT2D eigenvalue weighted by molar-refractivity contribution is 5.69. The first-order valence-corrected chi connectivity index (χ1v) is 0.678. The molecule has 0 radical (unpaired) electrons. The predicted molar refractivity (Wildman–Crippen MR) is 11.3 cm³/mol. The molecule has 0 rings (SSSR count). The van der Waals surface area contributed by atoms with E-state index < -0.39 is 0 Å². The molecule has 0 spiro atoms. The minimum Gasteiger partial charge on any atom is -0.526 e. The van der Waals surface area contributed by atoms with Crippen molar-refractivity contribution in [1.82, 2.24) is 0 Å². The third-order valence-corrected chi connectivity index (χ3v) is 0.0456. The lowest BCUT2D eigenvalue weighted by molar-refractivity contribution is 0.565. The van der Waals surface area contributed by atoms with Crippen LogP contribution in [-0.4, -0.2) is 6.29 Å². The Morgan fingerprint density at radius 3 is 2.25 bits per heavy atom. The van der Waals surface area contributed by atoms with Crippen LogP contribution in [0.15, 0.2) is 0 Å². The highest BCUT2D eigenvalue weighted by Gasteiger charge is 1.15. The molecule has 20 valence electrons. The van der Waals surface area contributed by atoms with Crippen LogP contribution >= 0.6 is 0 Å². The molecule has 0 fully saturated rings. The lowest BCUT2D eigenvalue weighted by Crippen LogP contribution is -1.46. The van der Waals surface area contributed by atoms with Gasteiger partial charge in [-0.3, -0.25) is 0 Å². The summed E-state index contributed by atoms with van der Waals surface area (Å²) in [6.45, 7) is 0. The molecule has 0 aliphatic heterocycles. The molecule has 0 bridgehead atoms. The molecule has 0 aromatic carbocycles. The summed E-state index contributed by atoms with van der Waals surface area (Å²) in [5.41, 5.74) is 0. The molecule has 0 aromatic heterocycles. The van der Waals surface area contributed by atoms with Crippen LogP contribution in [0, 0.1) is 11.3 Å². The largest absolute Gasteiger partial charge is 0.526 e. The zero-order valence-electron chi connectivity index (χ0n) is 1.86. The van der Waals surface area contributed by atoms with E-state index in [0.717, 1.165) is 12.4 Å². The number of hydrogen-bond acceptors (Lipinski definition) is 2. The summed E-state index contributed by atoms with van der Waals surface area (Å²) in [6.07, 6.45) is 0.986. The Balaban J connectivity index is 2.92. The van der Waals surface area contributed by atoms with Gasteiger partial charge in [-0.25, -0.2) is 5.26 Å². The average molecular weight is 54.0 g/mol. The molecular weight excluding hydrogens is 54.0 g/mol. The number of rotatable bonds is 0. The van der Waals surface area contributed by atoms with E-state index in [1.54, 1.807) is 0 Å². The topological polar surface area (TPSA) is 40.9 Å². The van der Waals surface area contributed by atoms with Crippen LogP contribution in [0.2, 0.25) is 0 Å². The van der Waals surface area contributed by atoms with E-state index in [1.165, 1.54) is 0 Å². The van der Waals surface area contributed by atoms with Gasteiger partial charge in [0, 0.05) is 0 Å². The Morgan fingerprint density at radius 2 is 2.25 bits per heavy atom. The molecule has 0 saturated heterocycles. The van der Waals surface area contributed by atoms with E-state index in [0.29, 0.717) is 0 Å². The first-order chi connectivity index (χ1) is 1.91. The predicted octanol–water partition coefficient (Wildman–Crippen LogP) is -0.380. The van der Waals surface area contributed by atoms with E-state index in [1.807, 2.05) is 0 Å². The summed E-state index contributed by atoms with van der Waals surface area (Å²) in [5.74, 6) is 0. The minimum atomic E-state index is 0.986. The molecular formula is C2NO-. The minimum absolute atomic E-state index is 0.986. The van der Waals surface area contributed by atoms with E-state index in [2.05, 4.69) is 0 Å². The van der Waals surface area contributed by atoms with Gasteiger partial charge in [0.1, 0.15) is 0 Å². The van der Waals surface area contributed by atoms with Gasteiger partial charge >= 0.3 is 0 Å². The Kier molecular flexibility index (Phi) is 1.71. The monoisotopic (exact) mass is 54.0 g/mol. The van der Waals surface area contributed by atoms with Crippen molar-refractivity contribution >= 4 is 6.29 Å². The third-order valence-electron chi connectivity index (χ3n) is 0.0456. The lowest BCUT2D eigenvalue weighted by atomic mass is 10.9. The van der Waals surface area contributed by atoms with Crippen molar-refractivity contribution in [3.63, 3.8) is 0 Å². The maximum absolute atomic E-state index is 8.69. The standard InChI is InChI=1S/C2NO/c3-1-2-4/q-1. The van der Waals surface area contributed by atoms with Crippen LogP contribution in [0.5, 0.6) is 0 Å². The molecule has 0 aliphatic carbocycles. The van der Waals surface area contributed by atoms with E-state index >= 15 is 0 Å². The van der Waals surface area contributed by atoms with Crippen LogP contribution in [-0.2, 0) is 4.79 Å². The Morgan fingerprint density at radius 1 is 2.00 bits per heavy atom. The van der Waals surface area contributed by atoms with Crippen molar-refractivity contribution < 1.29 is 4.79 Å². The van der Waals surface area contributed by atoms with Gasteiger partial charge in [0.05, 0.1) is 0 Å². The van der Waals surface area contributed by atoms with Crippen LogP contribution in [0.1, 0.15) is 0 Å². The van der Waals surface area contributed by atoms with Gasteiger partial charge in [0.25, 0.3) is 0 Å². The van der Waals surface area contributed by atoms with Crippen LogP contribution in [0.25, 0.3) is 0 Å². The van der Waals surface area contributed by atoms with E-state index in [-0.39, 0.29) is 0 Å². The molecule has 0 atom stereocenters. The van der Waals surface area contributed by atoms with Crippen molar-refractivity contribution in [1.29, 1.82) is 5.26 Å². The summed E-state index contributed by atoms with van der Waals surface area (Å²) >= 11 is 0. The fourth-order valence-electron chi connectivity index (χ4n) is 0. The molecule has 4 heavy (non-hydrogen) atoms. The summed E-state index contributed by atoms with van der Waals surface area (Å²) in [6, 6.07) is 1.12. The van der Waals surface area contributed by atoms with Crippen LogP contribution < -0.4 is 0 Å². The highest BCUT2D eigenvalue weighted by atomic mass is 16.1. The first kappa shape index (κ1) is 3.16. The maximum Gasteiger partial charge on any atom is -0.0854 e. The van der Waals surface area contributed by atoms with Gasteiger partial charge in [-0.1, -0.05) is 6.07 Å². The molecule has 2 heteroatoms. The second-order valence-corrected chi connectivity index (χ2v) is 0.214. The molecule has 0 unspecified atom stereocenters. The quantitative estimate of drug-likeness (QED) is 0.279. The summed E-state index contributed by atoms with van der Waals surface area (Å²) in [7, 11) is 0. The van der Waals surface area contributed by atoms with Crippen LogP contribution in [0.3, 0.4) is 0 Å². The second kappa shape index (κ2) is 2.16. The zero-order chi connectivity index (χ0) is 3.41. The summed E-state index contributed by atoms with van der Waals surface area (Å²) in [4.78, 5) is 8.69. The highest BCUT2D eigenvalue weighted by Crippen LogP contribution is 1.20. The Bertz CT molecular complexity index is 51.5. The van der Waals surface area contributed by atoms with Gasteiger partial charge in [-0.05, 0) is 0 Å². The lowest BCUT2D eigenvalue weighted by Gasteiger charge is -1.51. The maximum atomic E-state index is 8.69. The molecule has 0 heterocycles. The van der Waals surface area contributed by atoms with E-state index in [4.69, 9.17) is 10.1 Å². The fourth-order valence-corrected chi connectivity index (χ4v) is 0. The summed E-state index contributed by atoms with van der Waals surface area (Å²) < 4.78 is 0. The van der Waals surface area contributed by atoms with Gasteiger partial charge < -0.3 is 4.79 Å². The third kappa shape index (κ3) is 1.16. The van der Waals surface area contributed by atoms with E-state index in [9.17, 15) is 0 Å². The number of nitrogens with zero attached hydrogens (tertiary/aromatic N) is 1. The average Bonchev–Trinajstić information content (AvgIpc) is 1.37.